The van der Waals surface area contributed by atoms with E-state index in [4.69, 9.17) is 4.74 Å². The zero-order valence-corrected chi connectivity index (χ0v) is 16.9. The largest absolute Gasteiger partial charge is 0.504 e. The van der Waals surface area contributed by atoms with Gasteiger partial charge in [-0.3, -0.25) is 14.9 Å². The fourth-order valence-corrected chi connectivity index (χ4v) is 3.77. The smallest absolute Gasteiger partial charge is 0.281 e. The molecule has 0 saturated heterocycles. The molecule has 0 bridgehead atoms. The second-order valence-corrected chi connectivity index (χ2v) is 7.50. The minimum atomic E-state index is -0.479. The SMILES string of the molecule is CCOc1cc(/C=N\NC(=O)c2cc3cc([N+](=O)[O-])ccc3s2)c(Br)cc1O. The molecular weight excluding hydrogens is 450 g/mol. The summed E-state index contributed by atoms with van der Waals surface area (Å²) in [7, 11) is 0. The number of aromatic hydroxyl groups is 1. The number of carbonyl (C=O) groups excluding carboxylic acids is 1. The van der Waals surface area contributed by atoms with Gasteiger partial charge in [0, 0.05) is 32.3 Å². The molecule has 8 nitrogen and oxygen atoms in total. The summed E-state index contributed by atoms with van der Waals surface area (Å²) in [4.78, 5) is 23.1. The van der Waals surface area contributed by atoms with Gasteiger partial charge in [-0.2, -0.15) is 5.10 Å². The molecule has 0 unspecified atom stereocenters. The Hall–Kier alpha value is -2.98. The van der Waals surface area contributed by atoms with Crippen LogP contribution in [0.3, 0.4) is 0 Å². The van der Waals surface area contributed by atoms with Crippen LogP contribution in [-0.4, -0.2) is 28.8 Å². The number of non-ortho nitro benzene ring substituents is 1. The lowest BCUT2D eigenvalue weighted by atomic mass is 10.2. The number of hydrazone groups is 1. The fraction of sp³-hybridized carbons (Fsp3) is 0.111. The summed E-state index contributed by atoms with van der Waals surface area (Å²) in [6, 6.07) is 9.10. The quantitative estimate of drug-likeness (QED) is 0.318. The van der Waals surface area contributed by atoms with Crippen LogP contribution in [0.5, 0.6) is 11.5 Å². The number of phenolic OH excluding ortho intramolecular Hbond substituents is 1. The summed E-state index contributed by atoms with van der Waals surface area (Å²) in [6.07, 6.45) is 1.42. The Morgan fingerprint density at radius 2 is 2.18 bits per heavy atom. The number of nitro groups is 1. The van der Waals surface area contributed by atoms with Crippen LogP contribution in [0.15, 0.2) is 46.0 Å². The van der Waals surface area contributed by atoms with Crippen LogP contribution in [-0.2, 0) is 0 Å². The molecule has 28 heavy (non-hydrogen) atoms. The number of nitrogens with one attached hydrogen (secondary N) is 1. The monoisotopic (exact) mass is 463 g/mol. The van der Waals surface area contributed by atoms with Crippen LogP contribution in [0, 0.1) is 10.1 Å². The van der Waals surface area contributed by atoms with E-state index in [0.717, 1.165) is 4.70 Å². The number of halogens is 1. The molecule has 0 aliphatic heterocycles. The Kier molecular flexibility index (Phi) is 5.90. The zero-order valence-electron chi connectivity index (χ0n) is 14.5. The Morgan fingerprint density at radius 1 is 1.39 bits per heavy atom. The maximum absolute atomic E-state index is 12.3. The van der Waals surface area contributed by atoms with Crippen molar-refractivity contribution in [1.29, 1.82) is 0 Å². The van der Waals surface area contributed by atoms with E-state index in [-0.39, 0.29) is 11.4 Å². The van der Waals surface area contributed by atoms with E-state index in [1.54, 1.807) is 25.1 Å². The predicted molar refractivity (Wildman–Crippen MR) is 111 cm³/mol. The highest BCUT2D eigenvalue weighted by Crippen LogP contribution is 2.32. The molecule has 0 aliphatic rings. The van der Waals surface area contributed by atoms with Crippen molar-refractivity contribution >= 4 is 55.2 Å². The van der Waals surface area contributed by atoms with Gasteiger partial charge in [-0.15, -0.1) is 11.3 Å². The maximum atomic E-state index is 12.3. The summed E-state index contributed by atoms with van der Waals surface area (Å²) in [5.74, 6) is -0.126. The van der Waals surface area contributed by atoms with Crippen LogP contribution < -0.4 is 10.2 Å². The van der Waals surface area contributed by atoms with Crippen molar-refractivity contribution in [3.8, 4) is 11.5 Å². The molecule has 0 atom stereocenters. The van der Waals surface area contributed by atoms with Crippen LogP contribution in [0.4, 0.5) is 5.69 Å². The molecule has 1 heterocycles. The van der Waals surface area contributed by atoms with Crippen molar-refractivity contribution in [1.82, 2.24) is 5.43 Å². The van der Waals surface area contributed by atoms with Crippen molar-refractivity contribution < 1.29 is 19.6 Å². The first-order valence-electron chi connectivity index (χ1n) is 8.05. The Balaban J connectivity index is 1.76. The standard InChI is InChI=1S/C18H14BrN3O5S/c1-2-27-15-6-11(13(19)8-14(15)23)9-20-21-18(24)17-7-10-5-12(22(25)26)3-4-16(10)28-17/h3-9,23H,2H2,1H3,(H,21,24)/b20-9-. The van der Waals surface area contributed by atoms with E-state index in [1.807, 2.05) is 0 Å². The number of thiophene rings is 1. The molecule has 0 fully saturated rings. The van der Waals surface area contributed by atoms with Gasteiger partial charge >= 0.3 is 0 Å². The highest BCUT2D eigenvalue weighted by atomic mass is 79.9. The van der Waals surface area contributed by atoms with Gasteiger partial charge in [-0.05, 0) is 47.1 Å². The van der Waals surface area contributed by atoms with E-state index in [2.05, 4.69) is 26.5 Å². The minimum Gasteiger partial charge on any atom is -0.504 e. The number of hydrogen-bond acceptors (Lipinski definition) is 7. The highest BCUT2D eigenvalue weighted by Gasteiger charge is 2.13. The molecule has 1 amide bonds. The molecule has 2 N–H and O–H groups in total. The first kappa shape index (κ1) is 19.8. The van der Waals surface area contributed by atoms with E-state index in [1.165, 1.54) is 35.8 Å². The van der Waals surface area contributed by atoms with Crippen LogP contribution in [0.2, 0.25) is 0 Å². The number of hydrogen-bond donors (Lipinski definition) is 2. The summed E-state index contributed by atoms with van der Waals surface area (Å²) in [5, 5.41) is 25.2. The number of carbonyl (C=O) groups is 1. The molecule has 144 valence electrons. The number of benzene rings is 2. The van der Waals surface area contributed by atoms with Crippen molar-refractivity contribution in [2.45, 2.75) is 6.92 Å². The predicted octanol–water partition coefficient (Wildman–Crippen LogP) is 4.44. The number of nitro benzene ring substituents is 1. The number of amides is 1. The molecule has 0 radical (unpaired) electrons. The van der Waals surface area contributed by atoms with E-state index >= 15 is 0 Å². The van der Waals surface area contributed by atoms with E-state index in [9.17, 15) is 20.0 Å². The Bertz CT molecular complexity index is 1100. The van der Waals surface area contributed by atoms with E-state index < -0.39 is 10.8 Å². The summed E-state index contributed by atoms with van der Waals surface area (Å²) in [5.41, 5.74) is 3.00. The van der Waals surface area contributed by atoms with Gasteiger partial charge in [-0.25, -0.2) is 5.43 Å². The summed E-state index contributed by atoms with van der Waals surface area (Å²) < 4.78 is 6.67. The molecule has 0 aliphatic carbocycles. The van der Waals surface area contributed by atoms with Crippen molar-refractivity contribution in [3.05, 3.63) is 61.4 Å². The summed E-state index contributed by atoms with van der Waals surface area (Å²) >= 11 is 4.53. The lowest BCUT2D eigenvalue weighted by Gasteiger charge is -2.08. The molecule has 3 rings (SSSR count). The first-order chi connectivity index (χ1) is 13.4. The average Bonchev–Trinajstić information content (AvgIpc) is 3.08. The minimum absolute atomic E-state index is 0.00530. The van der Waals surface area contributed by atoms with Gasteiger partial charge in [0.2, 0.25) is 0 Å². The Labute approximate surface area is 171 Å². The highest BCUT2D eigenvalue weighted by molar-refractivity contribution is 9.10. The fourth-order valence-electron chi connectivity index (χ4n) is 2.40. The third kappa shape index (κ3) is 4.29. The van der Waals surface area contributed by atoms with Crippen molar-refractivity contribution in [2.75, 3.05) is 6.61 Å². The van der Waals surface area contributed by atoms with Crippen LogP contribution in [0.1, 0.15) is 22.2 Å². The number of ether oxygens (including phenoxy) is 1. The second kappa shape index (κ2) is 8.36. The van der Waals surface area contributed by atoms with Gasteiger partial charge in [-0.1, -0.05) is 0 Å². The second-order valence-electron chi connectivity index (χ2n) is 5.56. The molecule has 0 spiro atoms. The topological polar surface area (TPSA) is 114 Å². The van der Waals surface area contributed by atoms with Gasteiger partial charge in [0.1, 0.15) is 0 Å². The van der Waals surface area contributed by atoms with Gasteiger partial charge in [0.25, 0.3) is 11.6 Å². The first-order valence-corrected chi connectivity index (χ1v) is 9.66. The molecule has 0 saturated carbocycles. The number of rotatable bonds is 6. The average molecular weight is 464 g/mol. The van der Waals surface area contributed by atoms with E-state index in [0.29, 0.717) is 32.7 Å². The molecule has 3 aromatic rings. The molecule has 1 aromatic heterocycles. The molecule has 2 aromatic carbocycles. The lowest BCUT2D eigenvalue weighted by Crippen LogP contribution is -2.16. The normalized spacial score (nSPS) is 11.1. The van der Waals surface area contributed by atoms with Gasteiger partial charge < -0.3 is 9.84 Å². The van der Waals surface area contributed by atoms with Crippen LogP contribution >= 0.6 is 27.3 Å². The van der Waals surface area contributed by atoms with Gasteiger partial charge in [0.15, 0.2) is 11.5 Å². The molecule has 10 heteroatoms. The number of phenols is 1. The van der Waals surface area contributed by atoms with Crippen molar-refractivity contribution in [3.63, 3.8) is 0 Å². The molecular formula is C18H14BrN3O5S. The lowest BCUT2D eigenvalue weighted by molar-refractivity contribution is -0.384. The third-order valence-corrected chi connectivity index (χ3v) is 5.48. The summed E-state index contributed by atoms with van der Waals surface area (Å²) in [6.45, 7) is 2.20. The number of nitrogens with zero attached hydrogens (tertiary/aromatic N) is 2. The van der Waals surface area contributed by atoms with Crippen molar-refractivity contribution in [2.24, 2.45) is 5.10 Å². The Morgan fingerprint density at radius 3 is 2.89 bits per heavy atom. The third-order valence-electron chi connectivity index (χ3n) is 3.68. The number of fused-ring (bicyclic) bond motifs is 1. The maximum Gasteiger partial charge on any atom is 0.281 e. The van der Waals surface area contributed by atoms with Gasteiger partial charge in [0.05, 0.1) is 22.6 Å². The zero-order chi connectivity index (χ0) is 20.3. The van der Waals surface area contributed by atoms with Crippen LogP contribution in [0.25, 0.3) is 10.1 Å².